The van der Waals surface area contributed by atoms with Crippen molar-refractivity contribution in [2.45, 2.75) is 13.3 Å². The molecule has 2 aliphatic carbocycles. The van der Waals surface area contributed by atoms with Crippen LogP contribution in [-0.2, 0) is 6.42 Å². The van der Waals surface area contributed by atoms with Crippen LogP contribution < -0.4 is 9.47 Å². The number of ketones is 1. The van der Waals surface area contributed by atoms with E-state index in [0.29, 0.717) is 28.9 Å². The zero-order valence-corrected chi connectivity index (χ0v) is 14.8. The number of Topliss-reactive ketones (excluding diaryl/α,β-unsaturated/α-hetero) is 1. The van der Waals surface area contributed by atoms with E-state index in [1.807, 2.05) is 36.4 Å². The van der Waals surface area contributed by atoms with Crippen molar-refractivity contribution in [3.63, 3.8) is 0 Å². The second-order valence-corrected chi connectivity index (χ2v) is 5.91. The van der Waals surface area contributed by atoms with E-state index in [9.17, 15) is 9.59 Å². The maximum atomic E-state index is 12.7. The summed E-state index contributed by atoms with van der Waals surface area (Å²) in [4.78, 5) is 24.0. The molecule has 0 N–H and O–H groups in total. The third-order valence-corrected chi connectivity index (χ3v) is 4.38. The number of rotatable bonds is 7. The second kappa shape index (κ2) is 7.83. The van der Waals surface area contributed by atoms with Crippen molar-refractivity contribution in [1.29, 1.82) is 0 Å². The number of carbonyl (C=O) groups is 2. The van der Waals surface area contributed by atoms with Gasteiger partial charge < -0.3 is 9.47 Å². The molecule has 3 rings (SSSR count). The molecule has 0 spiro atoms. The lowest BCUT2D eigenvalue weighted by molar-refractivity contribution is 0.0919. The highest BCUT2D eigenvalue weighted by molar-refractivity contribution is 6.05. The molecule has 1 aromatic carbocycles. The van der Waals surface area contributed by atoms with Gasteiger partial charge in [-0.2, -0.15) is 0 Å². The first-order chi connectivity index (χ1) is 12.7. The highest BCUT2D eigenvalue weighted by atomic mass is 16.5. The van der Waals surface area contributed by atoms with E-state index >= 15 is 0 Å². The standard InChI is InChI=1S/C22H20O4/c1-3-15-12-20(19-8-6-4-5-7-18(15)19)21(24)14-26-22-10-9-17(25-2)11-16(22)13-23/h4-13H,3,14H2,1-2H3. The van der Waals surface area contributed by atoms with Gasteiger partial charge in [-0.05, 0) is 47.4 Å². The number of ether oxygens (including phenoxy) is 2. The zero-order chi connectivity index (χ0) is 18.5. The molecule has 0 saturated carbocycles. The first kappa shape index (κ1) is 17.7. The van der Waals surface area contributed by atoms with Crippen LogP contribution in [0.1, 0.15) is 33.2 Å². The fourth-order valence-electron chi connectivity index (χ4n) is 3.01. The van der Waals surface area contributed by atoms with Crippen LogP contribution in [0.2, 0.25) is 0 Å². The van der Waals surface area contributed by atoms with Gasteiger partial charge in [-0.15, -0.1) is 0 Å². The third-order valence-electron chi connectivity index (χ3n) is 4.38. The Morgan fingerprint density at radius 2 is 1.81 bits per heavy atom. The minimum absolute atomic E-state index is 0.117. The molecule has 0 fully saturated rings. The largest absolute Gasteiger partial charge is 0.497 e. The molecule has 2 aliphatic rings. The van der Waals surface area contributed by atoms with Gasteiger partial charge in [0.15, 0.2) is 12.9 Å². The van der Waals surface area contributed by atoms with Crippen molar-refractivity contribution in [2.75, 3.05) is 13.7 Å². The van der Waals surface area contributed by atoms with E-state index in [2.05, 4.69) is 6.92 Å². The van der Waals surface area contributed by atoms with E-state index < -0.39 is 0 Å². The van der Waals surface area contributed by atoms with Crippen molar-refractivity contribution in [3.8, 4) is 22.6 Å². The lowest BCUT2D eigenvalue weighted by atomic mass is 10.1. The molecule has 26 heavy (non-hydrogen) atoms. The Kier molecular flexibility index (Phi) is 5.32. The number of hydrogen-bond donors (Lipinski definition) is 0. The van der Waals surface area contributed by atoms with Gasteiger partial charge in [0.25, 0.3) is 0 Å². The highest BCUT2D eigenvalue weighted by Crippen LogP contribution is 2.32. The Morgan fingerprint density at radius 3 is 2.50 bits per heavy atom. The predicted octanol–water partition coefficient (Wildman–Crippen LogP) is 4.44. The van der Waals surface area contributed by atoms with Crippen molar-refractivity contribution in [3.05, 3.63) is 71.3 Å². The van der Waals surface area contributed by atoms with E-state index in [1.54, 1.807) is 18.2 Å². The zero-order valence-electron chi connectivity index (χ0n) is 14.8. The molecule has 0 saturated heterocycles. The molecule has 0 amide bonds. The molecule has 0 bridgehead atoms. The molecule has 0 radical (unpaired) electrons. The molecule has 0 unspecified atom stereocenters. The molecule has 1 aromatic rings. The summed E-state index contributed by atoms with van der Waals surface area (Å²) >= 11 is 0. The third kappa shape index (κ3) is 3.45. The molecule has 0 aromatic heterocycles. The van der Waals surface area contributed by atoms with Gasteiger partial charge in [0.2, 0.25) is 5.78 Å². The Morgan fingerprint density at radius 1 is 1.04 bits per heavy atom. The van der Waals surface area contributed by atoms with Gasteiger partial charge >= 0.3 is 0 Å². The Bertz CT molecular complexity index is 914. The summed E-state index contributed by atoms with van der Waals surface area (Å²) in [6, 6.07) is 16.7. The molecule has 4 nitrogen and oxygen atoms in total. The molecular weight excluding hydrogens is 328 g/mol. The average Bonchev–Trinajstić information content (AvgIpc) is 2.85. The maximum Gasteiger partial charge on any atom is 0.200 e. The molecule has 132 valence electrons. The molecule has 0 atom stereocenters. The quantitative estimate of drug-likeness (QED) is 0.468. The van der Waals surface area contributed by atoms with E-state index in [1.165, 1.54) is 7.11 Å². The molecule has 4 heteroatoms. The summed E-state index contributed by atoms with van der Waals surface area (Å²) < 4.78 is 10.7. The average molecular weight is 348 g/mol. The predicted molar refractivity (Wildman–Crippen MR) is 101 cm³/mol. The van der Waals surface area contributed by atoms with Gasteiger partial charge in [0.1, 0.15) is 11.5 Å². The summed E-state index contributed by atoms with van der Waals surface area (Å²) in [5, 5.41) is 0. The first-order valence-electron chi connectivity index (χ1n) is 8.47. The number of methoxy groups -OCH3 is 1. The lowest BCUT2D eigenvalue weighted by Gasteiger charge is -2.09. The van der Waals surface area contributed by atoms with Crippen molar-refractivity contribution in [2.24, 2.45) is 0 Å². The monoisotopic (exact) mass is 348 g/mol. The van der Waals surface area contributed by atoms with Crippen LogP contribution in [-0.4, -0.2) is 25.8 Å². The van der Waals surface area contributed by atoms with Crippen LogP contribution in [0.25, 0.3) is 11.1 Å². The fourth-order valence-corrected chi connectivity index (χ4v) is 3.01. The van der Waals surface area contributed by atoms with Gasteiger partial charge in [-0.1, -0.05) is 37.3 Å². The SMILES string of the molecule is CCc1cc(C(=O)COc2ccc(OC)cc2C=O)c2cccccc1-2. The number of aryl methyl sites for hydroxylation is 1. The van der Waals surface area contributed by atoms with Crippen LogP contribution in [0.15, 0.2) is 54.6 Å². The van der Waals surface area contributed by atoms with Crippen molar-refractivity contribution in [1.82, 2.24) is 0 Å². The van der Waals surface area contributed by atoms with Crippen LogP contribution in [0.4, 0.5) is 0 Å². The summed E-state index contributed by atoms with van der Waals surface area (Å²) in [5.74, 6) is 0.813. The summed E-state index contributed by atoms with van der Waals surface area (Å²) in [6.45, 7) is 1.94. The van der Waals surface area contributed by atoms with Crippen LogP contribution in [0.5, 0.6) is 11.5 Å². The number of fused-ring (bicyclic) bond motifs is 1. The Hall–Kier alpha value is -3.14. The van der Waals surface area contributed by atoms with Gasteiger partial charge in [-0.3, -0.25) is 9.59 Å². The minimum Gasteiger partial charge on any atom is -0.497 e. The minimum atomic E-state index is -0.131. The number of aldehydes is 1. The number of hydrogen-bond acceptors (Lipinski definition) is 4. The molecule has 0 heterocycles. The smallest absolute Gasteiger partial charge is 0.200 e. The Balaban J connectivity index is 1.84. The summed E-state index contributed by atoms with van der Waals surface area (Å²) in [5.41, 5.74) is 4.14. The maximum absolute atomic E-state index is 12.7. The number of benzene rings is 1. The van der Waals surface area contributed by atoms with Crippen LogP contribution in [0, 0.1) is 0 Å². The summed E-state index contributed by atoms with van der Waals surface area (Å²) in [7, 11) is 1.53. The van der Waals surface area contributed by atoms with Crippen molar-refractivity contribution < 1.29 is 19.1 Å². The van der Waals surface area contributed by atoms with E-state index in [0.717, 1.165) is 23.1 Å². The lowest BCUT2D eigenvalue weighted by Crippen LogP contribution is -2.12. The van der Waals surface area contributed by atoms with E-state index in [4.69, 9.17) is 9.47 Å². The van der Waals surface area contributed by atoms with Crippen LogP contribution in [0.3, 0.4) is 0 Å². The second-order valence-electron chi connectivity index (χ2n) is 5.91. The topological polar surface area (TPSA) is 52.6 Å². The van der Waals surface area contributed by atoms with E-state index in [-0.39, 0.29) is 12.4 Å². The molecular formula is C22H20O4. The van der Waals surface area contributed by atoms with Crippen LogP contribution >= 0.6 is 0 Å². The number of carbonyl (C=O) groups excluding carboxylic acids is 2. The summed E-state index contributed by atoms with van der Waals surface area (Å²) in [6.07, 6.45) is 1.54. The highest BCUT2D eigenvalue weighted by Gasteiger charge is 2.19. The molecule has 0 aliphatic heterocycles. The van der Waals surface area contributed by atoms with Gasteiger partial charge in [0.05, 0.1) is 12.7 Å². The fraction of sp³-hybridized carbons (Fsp3) is 0.182. The Labute approximate surface area is 152 Å². The van der Waals surface area contributed by atoms with Gasteiger partial charge in [-0.25, -0.2) is 0 Å². The van der Waals surface area contributed by atoms with Crippen molar-refractivity contribution >= 4 is 12.1 Å². The normalized spacial score (nSPS) is 10.5. The van der Waals surface area contributed by atoms with Gasteiger partial charge in [0, 0.05) is 5.56 Å². The first-order valence-corrected chi connectivity index (χ1v) is 8.47.